The van der Waals surface area contributed by atoms with Crippen LogP contribution < -0.4 is 0 Å². The van der Waals surface area contributed by atoms with E-state index in [1.807, 2.05) is 12.1 Å². The molecular formula is C24H20F3IO4. The van der Waals surface area contributed by atoms with Crippen LogP contribution in [0.25, 0.3) is 11.1 Å². The van der Waals surface area contributed by atoms with Crippen molar-refractivity contribution in [3.8, 4) is 11.1 Å². The first-order chi connectivity index (χ1) is 15.0. The molecule has 0 saturated heterocycles. The highest BCUT2D eigenvalue weighted by molar-refractivity contribution is 14.1. The first kappa shape index (κ1) is 25.4. The zero-order chi connectivity index (χ0) is 23.9. The minimum atomic E-state index is -4.38. The number of esters is 2. The Balaban J connectivity index is 0.000000278. The van der Waals surface area contributed by atoms with Gasteiger partial charge in [-0.3, -0.25) is 0 Å². The van der Waals surface area contributed by atoms with Crippen molar-refractivity contribution in [3.05, 3.63) is 92.6 Å². The Morgan fingerprint density at radius 1 is 0.750 bits per heavy atom. The molecule has 0 spiro atoms. The Labute approximate surface area is 197 Å². The van der Waals surface area contributed by atoms with Crippen LogP contribution in [0.3, 0.4) is 0 Å². The molecule has 3 rings (SSSR count). The van der Waals surface area contributed by atoms with E-state index in [1.54, 1.807) is 37.3 Å². The Kier molecular flexibility index (Phi) is 8.82. The van der Waals surface area contributed by atoms with E-state index in [2.05, 4.69) is 32.1 Å². The van der Waals surface area contributed by atoms with Crippen LogP contribution in [0.4, 0.5) is 13.2 Å². The molecule has 3 aromatic rings. The largest absolute Gasteiger partial charge is 0.465 e. The van der Waals surface area contributed by atoms with E-state index in [0.29, 0.717) is 27.8 Å². The van der Waals surface area contributed by atoms with Crippen LogP contribution in [0.1, 0.15) is 31.8 Å². The number of benzene rings is 3. The lowest BCUT2D eigenvalue weighted by Crippen LogP contribution is -2.05. The fourth-order valence-electron chi connectivity index (χ4n) is 2.73. The number of carbonyl (C=O) groups excluding carboxylic acids is 2. The predicted molar refractivity (Wildman–Crippen MR) is 123 cm³/mol. The molecule has 0 amide bonds. The van der Waals surface area contributed by atoms with Crippen LogP contribution in [0, 0.1) is 10.5 Å². The summed E-state index contributed by atoms with van der Waals surface area (Å²) in [5.41, 5.74) is 1.85. The van der Waals surface area contributed by atoms with Crippen LogP contribution in [0.15, 0.2) is 66.7 Å². The van der Waals surface area contributed by atoms with E-state index in [9.17, 15) is 22.8 Å². The van der Waals surface area contributed by atoms with E-state index < -0.39 is 17.7 Å². The zero-order valence-corrected chi connectivity index (χ0v) is 19.7. The first-order valence-corrected chi connectivity index (χ1v) is 10.3. The third-order valence-corrected chi connectivity index (χ3v) is 5.03. The van der Waals surface area contributed by atoms with Crippen LogP contribution in [-0.4, -0.2) is 26.2 Å². The highest BCUT2D eigenvalue weighted by atomic mass is 127. The van der Waals surface area contributed by atoms with Crippen molar-refractivity contribution >= 4 is 34.5 Å². The molecule has 0 bridgehead atoms. The van der Waals surface area contributed by atoms with Gasteiger partial charge in [-0.15, -0.1) is 0 Å². The van der Waals surface area contributed by atoms with Gasteiger partial charge in [0.2, 0.25) is 0 Å². The van der Waals surface area contributed by atoms with E-state index in [4.69, 9.17) is 0 Å². The molecule has 0 heterocycles. The van der Waals surface area contributed by atoms with Gasteiger partial charge >= 0.3 is 18.1 Å². The molecule has 0 unspecified atom stereocenters. The summed E-state index contributed by atoms with van der Waals surface area (Å²) in [6.45, 7) is 1.61. The van der Waals surface area contributed by atoms with Gasteiger partial charge < -0.3 is 9.47 Å². The number of ether oxygens (including phenoxy) is 2. The summed E-state index contributed by atoms with van der Waals surface area (Å²) in [6, 6.07) is 17.3. The SMILES string of the molecule is COC(=O)c1ccc(-c2cc(C)cc(C(F)(F)F)c2)cc1.COC(=O)c1ccc(I)cc1. The maximum absolute atomic E-state index is 12.8. The number of rotatable bonds is 3. The lowest BCUT2D eigenvalue weighted by molar-refractivity contribution is -0.137. The fourth-order valence-corrected chi connectivity index (χ4v) is 3.09. The molecular weight excluding hydrogens is 536 g/mol. The number of methoxy groups -OCH3 is 2. The summed E-state index contributed by atoms with van der Waals surface area (Å²) in [5, 5.41) is 0. The Hall–Kier alpha value is -2.88. The van der Waals surface area contributed by atoms with Gasteiger partial charge in [-0.25, -0.2) is 9.59 Å². The van der Waals surface area contributed by atoms with Crippen LogP contribution in [0.5, 0.6) is 0 Å². The maximum Gasteiger partial charge on any atom is 0.416 e. The van der Waals surface area contributed by atoms with Crippen molar-refractivity contribution in [2.45, 2.75) is 13.1 Å². The third kappa shape index (κ3) is 7.08. The lowest BCUT2D eigenvalue weighted by atomic mass is 9.99. The summed E-state index contributed by atoms with van der Waals surface area (Å²) in [4.78, 5) is 22.2. The molecule has 0 aliphatic heterocycles. The summed E-state index contributed by atoms with van der Waals surface area (Å²) < 4.78 is 48.7. The summed E-state index contributed by atoms with van der Waals surface area (Å²) in [6.07, 6.45) is -4.38. The average Bonchev–Trinajstić information content (AvgIpc) is 2.78. The van der Waals surface area contributed by atoms with Gasteiger partial charge in [-0.05, 0) is 94.7 Å². The molecule has 32 heavy (non-hydrogen) atoms. The van der Waals surface area contributed by atoms with Crippen molar-refractivity contribution in [1.82, 2.24) is 0 Å². The molecule has 0 fully saturated rings. The first-order valence-electron chi connectivity index (χ1n) is 9.26. The van der Waals surface area contributed by atoms with Gasteiger partial charge in [0.25, 0.3) is 0 Å². The van der Waals surface area contributed by atoms with E-state index >= 15 is 0 Å². The highest BCUT2D eigenvalue weighted by Gasteiger charge is 2.31. The van der Waals surface area contributed by atoms with E-state index in [1.165, 1.54) is 26.4 Å². The fraction of sp³-hybridized carbons (Fsp3) is 0.167. The van der Waals surface area contributed by atoms with Crippen molar-refractivity contribution in [2.24, 2.45) is 0 Å². The molecule has 8 heteroatoms. The van der Waals surface area contributed by atoms with Gasteiger partial charge in [0.05, 0.1) is 30.9 Å². The van der Waals surface area contributed by atoms with Crippen molar-refractivity contribution < 1.29 is 32.2 Å². The van der Waals surface area contributed by atoms with Gasteiger partial charge in [0.15, 0.2) is 0 Å². The number of hydrogen-bond acceptors (Lipinski definition) is 4. The normalized spacial score (nSPS) is 10.6. The van der Waals surface area contributed by atoms with Crippen LogP contribution in [0.2, 0.25) is 0 Å². The second-order valence-corrected chi connectivity index (χ2v) is 7.90. The highest BCUT2D eigenvalue weighted by Crippen LogP contribution is 2.33. The molecule has 168 valence electrons. The molecule has 0 saturated carbocycles. The third-order valence-electron chi connectivity index (χ3n) is 4.31. The molecule has 3 aromatic carbocycles. The molecule has 4 nitrogen and oxygen atoms in total. The van der Waals surface area contributed by atoms with Gasteiger partial charge in [0.1, 0.15) is 0 Å². The van der Waals surface area contributed by atoms with Crippen LogP contribution in [-0.2, 0) is 15.7 Å². The second-order valence-electron chi connectivity index (χ2n) is 6.65. The van der Waals surface area contributed by atoms with Gasteiger partial charge in [-0.1, -0.05) is 18.2 Å². The molecule has 0 N–H and O–H groups in total. The van der Waals surface area contributed by atoms with Gasteiger partial charge in [0, 0.05) is 3.57 Å². The molecule has 0 radical (unpaired) electrons. The van der Waals surface area contributed by atoms with Crippen molar-refractivity contribution in [3.63, 3.8) is 0 Å². The minimum Gasteiger partial charge on any atom is -0.465 e. The van der Waals surface area contributed by atoms with E-state index in [-0.39, 0.29) is 5.97 Å². The Bertz CT molecular complexity index is 1080. The molecule has 0 aromatic heterocycles. The Morgan fingerprint density at radius 3 is 1.66 bits per heavy atom. The monoisotopic (exact) mass is 556 g/mol. The lowest BCUT2D eigenvalue weighted by Gasteiger charge is -2.11. The van der Waals surface area contributed by atoms with Gasteiger partial charge in [-0.2, -0.15) is 13.2 Å². The predicted octanol–water partition coefficient (Wildman–Crippen LogP) is 6.55. The molecule has 0 aliphatic carbocycles. The molecule has 0 aliphatic rings. The average molecular weight is 556 g/mol. The van der Waals surface area contributed by atoms with E-state index in [0.717, 1.165) is 15.7 Å². The topological polar surface area (TPSA) is 52.6 Å². The number of alkyl halides is 3. The maximum atomic E-state index is 12.8. The summed E-state index contributed by atoms with van der Waals surface area (Å²) in [5.74, 6) is -0.775. The number of aryl methyl sites for hydroxylation is 1. The zero-order valence-electron chi connectivity index (χ0n) is 17.5. The molecule has 0 atom stereocenters. The second kappa shape index (κ2) is 11.1. The summed E-state index contributed by atoms with van der Waals surface area (Å²) in [7, 11) is 2.65. The smallest absolute Gasteiger partial charge is 0.416 e. The summed E-state index contributed by atoms with van der Waals surface area (Å²) >= 11 is 2.18. The Morgan fingerprint density at radius 2 is 1.22 bits per heavy atom. The number of hydrogen-bond donors (Lipinski definition) is 0. The van der Waals surface area contributed by atoms with Crippen molar-refractivity contribution in [1.29, 1.82) is 0 Å². The van der Waals surface area contributed by atoms with Crippen LogP contribution >= 0.6 is 22.6 Å². The minimum absolute atomic E-state index is 0.290. The number of carbonyl (C=O) groups is 2. The quantitative estimate of drug-likeness (QED) is 0.272. The number of halogens is 4. The van der Waals surface area contributed by atoms with Crippen molar-refractivity contribution in [2.75, 3.05) is 14.2 Å². The standard InChI is InChI=1S/C16H13F3O2.C8H7IO2/c1-10-7-13(9-14(8-10)16(17,18)19)11-3-5-12(6-4-11)15(20)21-2;1-11-8(10)6-2-4-7(9)5-3-6/h3-9H,1-2H3;2-5H,1H3.